The summed E-state index contributed by atoms with van der Waals surface area (Å²) in [6, 6.07) is 7.26. The maximum atomic E-state index is 12.4. The molecule has 0 aliphatic heterocycles. The Morgan fingerprint density at radius 1 is 1.25 bits per heavy atom. The lowest BCUT2D eigenvalue weighted by atomic mass is 10.1. The number of nitrogens with zero attached hydrogens (tertiary/aromatic N) is 1. The van der Waals surface area contributed by atoms with Crippen molar-refractivity contribution in [1.82, 2.24) is 15.2 Å². The molecule has 1 atom stereocenters. The van der Waals surface area contributed by atoms with Crippen LogP contribution in [0.25, 0.3) is 10.9 Å². The highest BCUT2D eigenvalue weighted by atomic mass is 16.2. The number of aromatic amines is 1. The molecule has 5 nitrogen and oxygen atoms in total. The Morgan fingerprint density at radius 3 is 2.67 bits per heavy atom. The summed E-state index contributed by atoms with van der Waals surface area (Å²) in [5.41, 5.74) is 0.688. The van der Waals surface area contributed by atoms with Gasteiger partial charge in [0.15, 0.2) is 0 Å². The fraction of sp³-hybridized carbons (Fsp3) is 0.474. The van der Waals surface area contributed by atoms with E-state index in [2.05, 4.69) is 29.0 Å². The molecule has 0 saturated heterocycles. The number of benzene rings is 1. The minimum Gasteiger partial charge on any atom is -0.360 e. The van der Waals surface area contributed by atoms with Gasteiger partial charge >= 0.3 is 0 Å². The minimum atomic E-state index is -0.308. The fourth-order valence-electron chi connectivity index (χ4n) is 2.87. The first-order valence-corrected chi connectivity index (χ1v) is 8.70. The van der Waals surface area contributed by atoms with Gasteiger partial charge in [0.25, 0.3) is 5.91 Å². The average Bonchev–Trinajstić information content (AvgIpc) is 2.59. The zero-order valence-electron chi connectivity index (χ0n) is 14.8. The lowest BCUT2D eigenvalue weighted by Crippen LogP contribution is -2.36. The predicted molar refractivity (Wildman–Crippen MR) is 98.5 cm³/mol. The molecule has 0 unspecified atom stereocenters. The molecule has 2 rings (SSSR count). The molecule has 0 aliphatic carbocycles. The van der Waals surface area contributed by atoms with E-state index in [4.69, 9.17) is 0 Å². The van der Waals surface area contributed by atoms with Crippen molar-refractivity contribution in [3.8, 4) is 0 Å². The van der Waals surface area contributed by atoms with E-state index in [1.165, 1.54) is 6.20 Å². The Kier molecular flexibility index (Phi) is 6.55. The van der Waals surface area contributed by atoms with E-state index >= 15 is 0 Å². The van der Waals surface area contributed by atoms with E-state index in [0.29, 0.717) is 5.39 Å². The number of nitrogens with one attached hydrogen (secondary N) is 2. The Hall–Kier alpha value is -2.14. The highest BCUT2D eigenvalue weighted by Gasteiger charge is 2.15. The van der Waals surface area contributed by atoms with Gasteiger partial charge in [-0.3, -0.25) is 9.59 Å². The number of H-pyrrole nitrogens is 1. The molecule has 5 heteroatoms. The van der Waals surface area contributed by atoms with E-state index in [1.807, 2.05) is 19.1 Å². The van der Waals surface area contributed by atoms with Crippen molar-refractivity contribution in [1.29, 1.82) is 0 Å². The largest absolute Gasteiger partial charge is 0.360 e. The summed E-state index contributed by atoms with van der Waals surface area (Å²) in [4.78, 5) is 30.2. The van der Waals surface area contributed by atoms with Crippen LogP contribution in [0.3, 0.4) is 0 Å². The Morgan fingerprint density at radius 2 is 1.96 bits per heavy atom. The first-order valence-electron chi connectivity index (χ1n) is 8.70. The van der Waals surface area contributed by atoms with Crippen LogP contribution < -0.4 is 10.7 Å². The Balaban J connectivity index is 1.97. The molecule has 0 fully saturated rings. The van der Waals surface area contributed by atoms with Gasteiger partial charge in [0, 0.05) is 23.1 Å². The predicted octanol–water partition coefficient (Wildman–Crippen LogP) is 2.77. The third kappa shape index (κ3) is 4.45. The van der Waals surface area contributed by atoms with E-state index in [9.17, 15) is 9.59 Å². The van der Waals surface area contributed by atoms with Crippen LogP contribution in [0, 0.1) is 0 Å². The third-order valence-electron chi connectivity index (χ3n) is 4.42. The van der Waals surface area contributed by atoms with Crippen LogP contribution >= 0.6 is 0 Å². The van der Waals surface area contributed by atoms with E-state index in [-0.39, 0.29) is 22.9 Å². The molecule has 2 N–H and O–H groups in total. The van der Waals surface area contributed by atoms with Crippen LogP contribution in [-0.4, -0.2) is 41.5 Å². The number of aromatic nitrogens is 1. The molecule has 1 aromatic carbocycles. The van der Waals surface area contributed by atoms with Gasteiger partial charge in [0.05, 0.1) is 0 Å². The third-order valence-corrected chi connectivity index (χ3v) is 4.42. The monoisotopic (exact) mass is 329 g/mol. The first kappa shape index (κ1) is 18.2. The normalized spacial score (nSPS) is 12.5. The van der Waals surface area contributed by atoms with Gasteiger partial charge in [-0.2, -0.15) is 0 Å². The van der Waals surface area contributed by atoms with Crippen molar-refractivity contribution in [3.05, 3.63) is 46.2 Å². The number of carbonyl (C=O) groups excluding carboxylic acids is 1. The second-order valence-electron chi connectivity index (χ2n) is 6.12. The molecule has 1 amide bonds. The SMILES string of the molecule is CCN(CC)CCC[C@H](C)NC(=O)c1c[nH]c2ccccc2c1=O. The molecular weight excluding hydrogens is 302 g/mol. The average molecular weight is 329 g/mol. The van der Waals surface area contributed by atoms with Crippen LogP contribution in [0.4, 0.5) is 0 Å². The number of carbonyl (C=O) groups is 1. The molecule has 2 aromatic rings. The van der Waals surface area contributed by atoms with Crippen molar-refractivity contribution < 1.29 is 4.79 Å². The van der Waals surface area contributed by atoms with Gasteiger partial charge in [-0.05, 0) is 51.5 Å². The number of amides is 1. The van der Waals surface area contributed by atoms with Crippen molar-refractivity contribution in [2.24, 2.45) is 0 Å². The van der Waals surface area contributed by atoms with Crippen LogP contribution in [0.15, 0.2) is 35.3 Å². The van der Waals surface area contributed by atoms with Gasteiger partial charge in [-0.1, -0.05) is 26.0 Å². The lowest BCUT2D eigenvalue weighted by molar-refractivity contribution is 0.0936. The second-order valence-corrected chi connectivity index (χ2v) is 6.12. The summed E-state index contributed by atoms with van der Waals surface area (Å²) in [5.74, 6) is -0.308. The molecular formula is C19H27N3O2. The second kappa shape index (κ2) is 8.64. The van der Waals surface area contributed by atoms with Crippen LogP contribution in [-0.2, 0) is 0 Å². The molecule has 0 aliphatic rings. The summed E-state index contributed by atoms with van der Waals surface area (Å²) in [6.45, 7) is 9.41. The van der Waals surface area contributed by atoms with E-state index in [0.717, 1.165) is 38.0 Å². The topological polar surface area (TPSA) is 65.2 Å². The standard InChI is InChI=1S/C19H27N3O2/c1-4-22(5-2)12-8-9-14(3)21-19(24)16-13-20-17-11-7-6-10-15(17)18(16)23/h6-7,10-11,13-14H,4-5,8-9,12H2,1-3H3,(H,20,23)(H,21,24)/t14-/m0/s1. The lowest BCUT2D eigenvalue weighted by Gasteiger charge is -2.19. The number of rotatable bonds is 8. The Bertz CT molecular complexity index is 735. The zero-order chi connectivity index (χ0) is 17.5. The maximum Gasteiger partial charge on any atom is 0.256 e. The fourth-order valence-corrected chi connectivity index (χ4v) is 2.87. The van der Waals surface area contributed by atoms with Crippen LogP contribution in [0.5, 0.6) is 0 Å². The number of pyridine rings is 1. The first-order chi connectivity index (χ1) is 11.6. The number of para-hydroxylation sites is 1. The van der Waals surface area contributed by atoms with Crippen molar-refractivity contribution in [3.63, 3.8) is 0 Å². The Labute approximate surface area is 143 Å². The molecule has 24 heavy (non-hydrogen) atoms. The van der Waals surface area contributed by atoms with E-state index < -0.39 is 0 Å². The summed E-state index contributed by atoms with van der Waals surface area (Å²) in [6.07, 6.45) is 3.42. The van der Waals surface area contributed by atoms with Gasteiger partial charge in [0.2, 0.25) is 5.43 Å². The quantitative estimate of drug-likeness (QED) is 0.783. The van der Waals surface area contributed by atoms with Crippen LogP contribution in [0.2, 0.25) is 0 Å². The van der Waals surface area contributed by atoms with Gasteiger partial charge in [0.1, 0.15) is 5.56 Å². The van der Waals surface area contributed by atoms with Gasteiger partial charge in [-0.15, -0.1) is 0 Å². The molecule has 0 spiro atoms. The van der Waals surface area contributed by atoms with Crippen molar-refractivity contribution >= 4 is 16.8 Å². The number of hydrogen-bond donors (Lipinski definition) is 2. The van der Waals surface area contributed by atoms with Gasteiger partial charge in [-0.25, -0.2) is 0 Å². The molecule has 130 valence electrons. The van der Waals surface area contributed by atoms with Crippen molar-refractivity contribution in [2.45, 2.75) is 39.7 Å². The summed E-state index contributed by atoms with van der Waals surface area (Å²) in [7, 11) is 0. The highest BCUT2D eigenvalue weighted by Crippen LogP contribution is 2.07. The van der Waals surface area contributed by atoms with E-state index in [1.54, 1.807) is 12.1 Å². The van der Waals surface area contributed by atoms with Crippen molar-refractivity contribution in [2.75, 3.05) is 19.6 Å². The maximum absolute atomic E-state index is 12.4. The smallest absolute Gasteiger partial charge is 0.256 e. The summed E-state index contributed by atoms with van der Waals surface area (Å²) >= 11 is 0. The van der Waals surface area contributed by atoms with Gasteiger partial charge < -0.3 is 15.2 Å². The molecule has 0 radical (unpaired) electrons. The number of hydrogen-bond acceptors (Lipinski definition) is 3. The highest BCUT2D eigenvalue weighted by molar-refractivity contribution is 5.97. The molecule has 1 heterocycles. The minimum absolute atomic E-state index is 0.0407. The summed E-state index contributed by atoms with van der Waals surface area (Å²) < 4.78 is 0. The number of fused-ring (bicyclic) bond motifs is 1. The molecule has 0 bridgehead atoms. The zero-order valence-corrected chi connectivity index (χ0v) is 14.8. The summed E-state index contributed by atoms with van der Waals surface area (Å²) in [5, 5.41) is 3.48. The molecule has 1 aromatic heterocycles. The van der Waals surface area contributed by atoms with Crippen LogP contribution in [0.1, 0.15) is 44.0 Å². The molecule has 0 saturated carbocycles.